The van der Waals surface area contributed by atoms with Crippen molar-refractivity contribution >= 4 is 53.1 Å². The lowest BCUT2D eigenvalue weighted by Crippen LogP contribution is -2.63. The normalized spacial score (nSPS) is 13.9. The van der Waals surface area contributed by atoms with Crippen LogP contribution in [0.5, 0.6) is 0 Å². The number of amides is 4. The zero-order valence-corrected chi connectivity index (χ0v) is 47.8. The van der Waals surface area contributed by atoms with Crippen molar-refractivity contribution in [2.45, 2.75) is 107 Å². The molecule has 0 heterocycles. The van der Waals surface area contributed by atoms with E-state index >= 15 is 9.59 Å². The van der Waals surface area contributed by atoms with Gasteiger partial charge in [-0.1, -0.05) is 182 Å². The Morgan fingerprint density at radius 2 is 0.897 bits per heavy atom. The van der Waals surface area contributed by atoms with Gasteiger partial charge < -0.3 is 35.5 Å². The van der Waals surface area contributed by atoms with Gasteiger partial charge in [0.15, 0.2) is 6.04 Å². The lowest BCUT2D eigenvalue weighted by atomic mass is 9.76. The maximum atomic E-state index is 16.0. The first-order chi connectivity index (χ1) is 37.3. The number of hydrogen-bond acceptors (Lipinski definition) is 11. The molecule has 4 amide bonds. The second kappa shape index (κ2) is 28.2. The Kier molecular flexibility index (Phi) is 21.9. The van der Waals surface area contributed by atoms with E-state index in [9.17, 15) is 14.4 Å². The number of carbonyl (C=O) groups excluding carboxylic acids is 5. The molecule has 6 aromatic carbocycles. The largest absolute Gasteiger partial charge is 0.467 e. The van der Waals surface area contributed by atoms with Crippen LogP contribution >= 0.6 is 23.5 Å². The van der Waals surface area contributed by atoms with E-state index in [1.165, 1.54) is 25.8 Å². The average Bonchev–Trinajstić information content (AvgIpc) is 3.55. The zero-order chi connectivity index (χ0) is 56.4. The molecule has 0 saturated carbocycles. The molecule has 0 bridgehead atoms. The van der Waals surface area contributed by atoms with Gasteiger partial charge in [-0.3, -0.25) is 24.5 Å². The predicted octanol–water partition coefficient (Wildman–Crippen LogP) is 9.13. The van der Waals surface area contributed by atoms with E-state index in [1.807, 2.05) is 187 Å². The van der Waals surface area contributed by atoms with Gasteiger partial charge >= 0.3 is 5.97 Å². The van der Waals surface area contributed by atoms with Gasteiger partial charge in [0.05, 0.1) is 53.2 Å². The standard InChI is InChI=1S/C63H75N5O8S2/c1-44(76-61(6,7)8)55(58(72)65-52(59(73)74-9)40-75-60(3,4)5)67-56(70)53(41-77-43-64-45(2)69)66-57(71)54(68-62(46-28-16-10-17-29-46,47-30-18-11-19-31-47)48-32-20-12-21-33-48)42-78-63(49-34-22-13-23-35-49,50-36-24-14-25-37-50)51-38-26-15-27-39-51/h10-39,44,52-55,68H,40-43H2,1-9H3,(H,64,69)(H,65,72)(H,66,71)(H,67,70)/t44-,52+,53+,54+,55+/m1/s1. The van der Waals surface area contributed by atoms with E-state index in [1.54, 1.807) is 18.7 Å². The molecule has 6 aromatic rings. The van der Waals surface area contributed by atoms with E-state index in [4.69, 9.17) is 14.2 Å². The fraction of sp³-hybridized carbons (Fsp3) is 0.349. The molecule has 0 spiro atoms. The van der Waals surface area contributed by atoms with Crippen LogP contribution in [0.25, 0.3) is 0 Å². The van der Waals surface area contributed by atoms with E-state index in [-0.39, 0.29) is 29.9 Å². The highest BCUT2D eigenvalue weighted by Gasteiger charge is 2.44. The van der Waals surface area contributed by atoms with Crippen LogP contribution in [0.3, 0.4) is 0 Å². The molecule has 412 valence electrons. The number of nitrogens with one attached hydrogen (secondary N) is 5. The molecule has 0 aliphatic rings. The Labute approximate surface area is 469 Å². The van der Waals surface area contributed by atoms with Crippen LogP contribution in [0.4, 0.5) is 0 Å². The van der Waals surface area contributed by atoms with E-state index < -0.39 is 75.5 Å². The van der Waals surface area contributed by atoms with Crippen molar-refractivity contribution in [1.82, 2.24) is 26.6 Å². The lowest BCUT2D eigenvalue weighted by Gasteiger charge is -2.41. The average molecular weight is 1090 g/mol. The summed E-state index contributed by atoms with van der Waals surface area (Å²) in [5.41, 5.74) is 3.01. The molecule has 0 unspecified atom stereocenters. The van der Waals surface area contributed by atoms with Crippen LogP contribution in [0.1, 0.15) is 88.8 Å². The van der Waals surface area contributed by atoms with Crippen molar-refractivity contribution in [3.63, 3.8) is 0 Å². The fourth-order valence-electron chi connectivity index (χ4n) is 9.20. The number of thioether (sulfide) groups is 2. The highest BCUT2D eigenvalue weighted by Crippen LogP contribution is 2.49. The number of rotatable bonds is 26. The smallest absolute Gasteiger partial charge is 0.330 e. The van der Waals surface area contributed by atoms with Gasteiger partial charge in [-0.25, -0.2) is 4.79 Å². The predicted molar refractivity (Wildman–Crippen MR) is 313 cm³/mol. The van der Waals surface area contributed by atoms with Crippen molar-refractivity contribution < 1.29 is 38.2 Å². The quantitative estimate of drug-likeness (QED) is 0.0152. The highest BCUT2D eigenvalue weighted by atomic mass is 32.2. The first-order valence-corrected chi connectivity index (χ1v) is 28.3. The van der Waals surface area contributed by atoms with Crippen LogP contribution in [-0.4, -0.2) is 102 Å². The first kappa shape index (κ1) is 60.5. The number of ether oxygens (including phenoxy) is 3. The molecular formula is C63H75N5O8S2. The summed E-state index contributed by atoms with van der Waals surface area (Å²) in [6, 6.07) is 55.7. The number of esters is 1. The summed E-state index contributed by atoms with van der Waals surface area (Å²) in [6.07, 6.45) is -0.949. The Morgan fingerprint density at radius 3 is 1.28 bits per heavy atom. The van der Waals surface area contributed by atoms with Crippen LogP contribution < -0.4 is 26.6 Å². The summed E-state index contributed by atoms with van der Waals surface area (Å²) in [5, 5.41) is 15.5. The second-order valence-electron chi connectivity index (χ2n) is 20.9. The highest BCUT2D eigenvalue weighted by molar-refractivity contribution is 8.00. The second-order valence-corrected chi connectivity index (χ2v) is 23.1. The number of hydrogen-bond donors (Lipinski definition) is 5. The van der Waals surface area contributed by atoms with Crippen LogP contribution in [0.15, 0.2) is 182 Å². The van der Waals surface area contributed by atoms with Crippen molar-refractivity contribution in [3.05, 3.63) is 215 Å². The number of methoxy groups -OCH3 is 1. The van der Waals surface area contributed by atoms with Gasteiger partial charge in [0.25, 0.3) is 0 Å². The Bertz CT molecular complexity index is 2640. The maximum absolute atomic E-state index is 16.0. The Balaban J connectivity index is 1.50. The molecule has 15 heteroatoms. The molecule has 0 fully saturated rings. The molecule has 0 saturated heterocycles. The summed E-state index contributed by atoms with van der Waals surface area (Å²) >= 11 is 2.82. The van der Waals surface area contributed by atoms with Gasteiger partial charge in [-0.15, -0.1) is 23.5 Å². The van der Waals surface area contributed by atoms with Gasteiger partial charge in [-0.2, -0.15) is 0 Å². The van der Waals surface area contributed by atoms with Crippen molar-refractivity contribution in [2.75, 3.05) is 31.1 Å². The van der Waals surface area contributed by atoms with Crippen molar-refractivity contribution in [1.29, 1.82) is 0 Å². The van der Waals surface area contributed by atoms with Crippen LogP contribution in [-0.2, 0) is 48.5 Å². The SMILES string of the molecule is COC(=O)[C@H](COC(C)(C)C)NC(=O)[C@@H](NC(=O)[C@H](CSCNC(C)=O)NC(=O)[C@H](CSC(c1ccccc1)(c1ccccc1)c1ccccc1)NC(c1ccccc1)(c1ccccc1)c1ccccc1)[C@@H](C)OC(C)(C)C. The summed E-state index contributed by atoms with van der Waals surface area (Å²) in [6.45, 7) is 13.8. The van der Waals surface area contributed by atoms with Crippen LogP contribution in [0.2, 0.25) is 0 Å². The molecule has 0 aromatic heterocycles. The van der Waals surface area contributed by atoms with Crippen molar-refractivity contribution in [2.24, 2.45) is 0 Å². The third-order valence-corrected chi connectivity index (χ3v) is 15.3. The molecule has 0 radical (unpaired) electrons. The van der Waals surface area contributed by atoms with Gasteiger partial charge in [0, 0.05) is 18.4 Å². The Hall–Kier alpha value is -6.75. The van der Waals surface area contributed by atoms with Gasteiger partial charge in [-0.05, 0) is 81.8 Å². The zero-order valence-electron chi connectivity index (χ0n) is 46.1. The van der Waals surface area contributed by atoms with Crippen LogP contribution in [0, 0.1) is 0 Å². The molecule has 0 aliphatic heterocycles. The summed E-state index contributed by atoms with van der Waals surface area (Å²) in [5.74, 6) is -2.71. The van der Waals surface area contributed by atoms with E-state index in [2.05, 4.69) is 63.0 Å². The van der Waals surface area contributed by atoms with E-state index in [0.29, 0.717) is 0 Å². The minimum Gasteiger partial charge on any atom is -0.467 e. The molecular weight excluding hydrogens is 1020 g/mol. The first-order valence-electron chi connectivity index (χ1n) is 26.1. The van der Waals surface area contributed by atoms with E-state index in [0.717, 1.165) is 33.4 Å². The molecule has 78 heavy (non-hydrogen) atoms. The summed E-state index contributed by atoms with van der Waals surface area (Å²) in [4.78, 5) is 70.9. The molecule has 6 rings (SSSR count). The minimum absolute atomic E-state index is 0.0199. The summed E-state index contributed by atoms with van der Waals surface area (Å²) in [7, 11) is 1.21. The minimum atomic E-state index is -1.38. The van der Waals surface area contributed by atoms with Gasteiger partial charge in [0.1, 0.15) is 12.1 Å². The van der Waals surface area contributed by atoms with Gasteiger partial charge in [0.2, 0.25) is 23.6 Å². The third kappa shape index (κ3) is 16.4. The summed E-state index contributed by atoms with van der Waals surface area (Å²) < 4.78 is 16.4. The maximum Gasteiger partial charge on any atom is 0.330 e. The number of carbonyl (C=O) groups is 5. The fourth-order valence-corrected chi connectivity index (χ4v) is 11.7. The third-order valence-electron chi connectivity index (χ3n) is 12.8. The molecule has 13 nitrogen and oxygen atoms in total. The molecule has 5 atom stereocenters. The topological polar surface area (TPSA) is 173 Å². The Morgan fingerprint density at radius 1 is 0.500 bits per heavy atom. The number of benzene rings is 6. The lowest BCUT2D eigenvalue weighted by molar-refractivity contribution is -0.150. The van der Waals surface area contributed by atoms with Crippen molar-refractivity contribution in [3.8, 4) is 0 Å². The monoisotopic (exact) mass is 1090 g/mol. The molecule has 5 N–H and O–H groups in total. The molecule has 0 aliphatic carbocycles.